The molecule has 0 amide bonds. The molecule has 114 valence electrons. The summed E-state index contributed by atoms with van der Waals surface area (Å²) >= 11 is 5.91. The first-order chi connectivity index (χ1) is 11.2. The maximum atomic E-state index is 11.9. The third kappa shape index (κ3) is 3.64. The van der Waals surface area contributed by atoms with Crippen molar-refractivity contribution < 1.29 is 14.0 Å². The molecule has 0 bridgehead atoms. The van der Waals surface area contributed by atoms with E-state index >= 15 is 0 Å². The predicted molar refractivity (Wildman–Crippen MR) is 85.5 cm³/mol. The van der Waals surface area contributed by atoms with Gasteiger partial charge in [0.15, 0.2) is 0 Å². The lowest BCUT2D eigenvalue weighted by Crippen LogP contribution is -2.07. The fourth-order valence-corrected chi connectivity index (χ4v) is 2.04. The minimum absolute atomic E-state index is 0.0823. The molecular formula is C17H11ClN2O3. The van der Waals surface area contributed by atoms with E-state index in [4.69, 9.17) is 20.9 Å². The van der Waals surface area contributed by atoms with Crippen LogP contribution in [0.15, 0.2) is 76.8 Å². The lowest BCUT2D eigenvalue weighted by atomic mass is 10.0. The van der Waals surface area contributed by atoms with E-state index in [1.165, 1.54) is 12.3 Å². The maximum absolute atomic E-state index is 11.9. The molecule has 23 heavy (non-hydrogen) atoms. The van der Waals surface area contributed by atoms with Crippen LogP contribution in [0.4, 0.5) is 0 Å². The number of hydrogen-bond donors (Lipinski definition) is 0. The number of rotatable bonds is 4. The lowest BCUT2D eigenvalue weighted by Gasteiger charge is -2.06. The lowest BCUT2D eigenvalue weighted by molar-refractivity contribution is 0.0480. The SMILES string of the molecule is O=C(O/N=C(/c1ccncc1)c1ccc(Cl)cc1)c1ccco1. The van der Waals surface area contributed by atoms with Crippen LogP contribution < -0.4 is 0 Å². The Morgan fingerprint density at radius 3 is 2.39 bits per heavy atom. The second-order valence-electron chi connectivity index (χ2n) is 4.54. The van der Waals surface area contributed by atoms with Crippen molar-refractivity contribution in [3.8, 4) is 0 Å². The molecule has 3 rings (SSSR count). The molecule has 0 spiro atoms. The Kier molecular flexibility index (Phi) is 4.49. The molecule has 0 saturated heterocycles. The molecule has 1 aromatic carbocycles. The van der Waals surface area contributed by atoms with Gasteiger partial charge in [-0.2, -0.15) is 0 Å². The zero-order chi connectivity index (χ0) is 16.1. The topological polar surface area (TPSA) is 64.7 Å². The second kappa shape index (κ2) is 6.89. The van der Waals surface area contributed by atoms with E-state index in [2.05, 4.69) is 10.1 Å². The summed E-state index contributed by atoms with van der Waals surface area (Å²) in [5.41, 5.74) is 2.01. The van der Waals surface area contributed by atoms with Crippen LogP contribution in [0.5, 0.6) is 0 Å². The Labute approximate surface area is 137 Å². The van der Waals surface area contributed by atoms with Crippen molar-refractivity contribution in [1.29, 1.82) is 0 Å². The Balaban J connectivity index is 1.93. The number of pyridine rings is 1. The van der Waals surface area contributed by atoms with Gasteiger partial charge in [0, 0.05) is 28.5 Å². The number of nitrogens with zero attached hydrogens (tertiary/aromatic N) is 2. The van der Waals surface area contributed by atoms with Gasteiger partial charge >= 0.3 is 5.97 Å². The largest absolute Gasteiger partial charge is 0.457 e. The summed E-state index contributed by atoms with van der Waals surface area (Å²) in [5.74, 6) is -0.588. The molecule has 0 N–H and O–H groups in total. The Morgan fingerprint density at radius 1 is 1.04 bits per heavy atom. The minimum atomic E-state index is -0.671. The molecule has 0 aliphatic rings. The summed E-state index contributed by atoms with van der Waals surface area (Å²) in [6, 6.07) is 13.7. The summed E-state index contributed by atoms with van der Waals surface area (Å²) in [6.07, 6.45) is 4.66. The van der Waals surface area contributed by atoms with Gasteiger partial charge in [0.05, 0.1) is 6.26 Å². The van der Waals surface area contributed by atoms with Crippen LogP contribution in [0, 0.1) is 0 Å². The number of carbonyl (C=O) groups is 1. The van der Waals surface area contributed by atoms with Gasteiger partial charge in [-0.1, -0.05) is 28.9 Å². The van der Waals surface area contributed by atoms with Gasteiger partial charge in [0.1, 0.15) is 5.71 Å². The zero-order valence-electron chi connectivity index (χ0n) is 11.8. The van der Waals surface area contributed by atoms with Crippen LogP contribution in [-0.4, -0.2) is 16.7 Å². The van der Waals surface area contributed by atoms with Crippen molar-refractivity contribution in [3.05, 3.63) is 89.1 Å². The van der Waals surface area contributed by atoms with E-state index in [0.29, 0.717) is 10.7 Å². The van der Waals surface area contributed by atoms with Crippen LogP contribution >= 0.6 is 11.6 Å². The summed E-state index contributed by atoms with van der Waals surface area (Å²) in [5, 5.41) is 4.59. The van der Waals surface area contributed by atoms with Gasteiger partial charge < -0.3 is 9.25 Å². The maximum Gasteiger partial charge on any atom is 0.400 e. The molecular weight excluding hydrogens is 316 g/mol. The highest BCUT2D eigenvalue weighted by Crippen LogP contribution is 2.15. The molecule has 3 aromatic rings. The summed E-state index contributed by atoms with van der Waals surface area (Å²) in [6.45, 7) is 0. The molecule has 0 radical (unpaired) electrons. The van der Waals surface area contributed by atoms with E-state index < -0.39 is 5.97 Å². The fourth-order valence-electron chi connectivity index (χ4n) is 1.92. The first-order valence-electron chi connectivity index (χ1n) is 6.73. The molecule has 6 heteroatoms. The van der Waals surface area contributed by atoms with Crippen molar-refractivity contribution in [2.75, 3.05) is 0 Å². The number of halogens is 1. The average Bonchev–Trinajstić information content (AvgIpc) is 3.12. The monoisotopic (exact) mass is 326 g/mol. The van der Waals surface area contributed by atoms with Crippen LogP contribution in [0.2, 0.25) is 5.02 Å². The summed E-state index contributed by atoms with van der Waals surface area (Å²) < 4.78 is 4.98. The Bertz CT molecular complexity index is 813. The molecule has 0 atom stereocenters. The highest BCUT2D eigenvalue weighted by Gasteiger charge is 2.13. The molecule has 2 aromatic heterocycles. The van der Waals surface area contributed by atoms with Crippen LogP contribution in [0.25, 0.3) is 0 Å². The molecule has 2 heterocycles. The Morgan fingerprint density at radius 2 is 1.74 bits per heavy atom. The molecule has 0 saturated carbocycles. The van der Waals surface area contributed by atoms with E-state index in [9.17, 15) is 4.79 Å². The molecule has 0 aliphatic carbocycles. The van der Waals surface area contributed by atoms with Crippen molar-refractivity contribution in [2.24, 2.45) is 5.16 Å². The van der Waals surface area contributed by atoms with E-state index in [-0.39, 0.29) is 5.76 Å². The van der Waals surface area contributed by atoms with Crippen molar-refractivity contribution in [2.45, 2.75) is 0 Å². The molecule has 0 fully saturated rings. The quantitative estimate of drug-likeness (QED) is 0.414. The van der Waals surface area contributed by atoms with E-state index in [1.54, 1.807) is 54.9 Å². The number of carbonyl (C=O) groups excluding carboxylic acids is 1. The standard InChI is InChI=1S/C17H11ClN2O3/c18-14-5-3-12(4-6-14)16(13-7-9-19-10-8-13)20-23-17(21)15-2-1-11-22-15/h1-11H/b20-16+. The van der Waals surface area contributed by atoms with Gasteiger partial charge in [-0.25, -0.2) is 4.79 Å². The highest BCUT2D eigenvalue weighted by molar-refractivity contribution is 6.30. The van der Waals surface area contributed by atoms with Crippen molar-refractivity contribution in [1.82, 2.24) is 4.98 Å². The Hall–Kier alpha value is -2.92. The number of hydrogen-bond acceptors (Lipinski definition) is 5. The fraction of sp³-hybridized carbons (Fsp3) is 0. The molecule has 0 aliphatic heterocycles. The first-order valence-corrected chi connectivity index (χ1v) is 7.11. The minimum Gasteiger partial charge on any atom is -0.457 e. The van der Waals surface area contributed by atoms with Gasteiger partial charge in [0.2, 0.25) is 5.76 Å². The van der Waals surface area contributed by atoms with Gasteiger partial charge in [-0.05, 0) is 36.4 Å². The predicted octanol–water partition coefficient (Wildman–Crippen LogP) is 3.94. The smallest absolute Gasteiger partial charge is 0.400 e. The second-order valence-corrected chi connectivity index (χ2v) is 4.98. The van der Waals surface area contributed by atoms with Crippen molar-refractivity contribution in [3.63, 3.8) is 0 Å². The summed E-state index contributed by atoms with van der Waals surface area (Å²) in [4.78, 5) is 20.8. The number of benzene rings is 1. The van der Waals surface area contributed by atoms with Crippen LogP contribution in [-0.2, 0) is 4.84 Å². The van der Waals surface area contributed by atoms with Gasteiger partial charge in [-0.3, -0.25) is 4.98 Å². The van der Waals surface area contributed by atoms with Gasteiger partial charge in [-0.15, -0.1) is 0 Å². The normalized spacial score (nSPS) is 11.3. The third-order valence-corrected chi connectivity index (χ3v) is 3.27. The molecule has 0 unspecified atom stereocenters. The van der Waals surface area contributed by atoms with Gasteiger partial charge in [0.25, 0.3) is 0 Å². The zero-order valence-corrected chi connectivity index (χ0v) is 12.6. The van der Waals surface area contributed by atoms with E-state index in [1.807, 2.05) is 0 Å². The van der Waals surface area contributed by atoms with Crippen LogP contribution in [0.3, 0.4) is 0 Å². The van der Waals surface area contributed by atoms with E-state index in [0.717, 1.165) is 11.1 Å². The number of furan rings is 1. The average molecular weight is 327 g/mol. The highest BCUT2D eigenvalue weighted by atomic mass is 35.5. The third-order valence-electron chi connectivity index (χ3n) is 3.01. The number of oxime groups is 1. The van der Waals surface area contributed by atoms with Crippen molar-refractivity contribution >= 4 is 23.3 Å². The first kappa shape index (κ1) is 15.0. The number of aromatic nitrogens is 1. The molecule has 5 nitrogen and oxygen atoms in total. The van der Waals surface area contributed by atoms with Crippen LogP contribution in [0.1, 0.15) is 21.7 Å². The summed E-state index contributed by atoms with van der Waals surface area (Å²) in [7, 11) is 0.